The standard InChI is InChI=1S/C27H37F5O3/c1-2-3-17-4-6-19(7-5-17)22-15-33-25(34-16-22)20-10-8-18(9-11-20)21-12-13-24(23(28)14-21)35-27(31,32)26(29)30/h12-14,17-20,22,25-26H,2-11,15-16H2,1H3. The molecule has 0 bridgehead atoms. The lowest BCUT2D eigenvalue weighted by Crippen LogP contribution is -2.41. The van der Waals surface area contributed by atoms with E-state index in [2.05, 4.69) is 11.7 Å². The molecule has 35 heavy (non-hydrogen) atoms. The Balaban J connectivity index is 1.22. The van der Waals surface area contributed by atoms with E-state index in [1.54, 1.807) is 0 Å². The van der Waals surface area contributed by atoms with Gasteiger partial charge in [0.1, 0.15) is 0 Å². The maximum atomic E-state index is 14.3. The second-order valence-electron chi connectivity index (χ2n) is 10.6. The summed E-state index contributed by atoms with van der Waals surface area (Å²) in [5.74, 6) is 0.488. The van der Waals surface area contributed by atoms with Crippen LogP contribution in [0.1, 0.15) is 82.6 Å². The Kier molecular flexibility index (Phi) is 8.95. The second kappa shape index (κ2) is 11.8. The lowest BCUT2D eigenvalue weighted by Gasteiger charge is -2.41. The SMILES string of the molecule is CCCC1CCC(C2COC(C3CCC(c4ccc(OC(F)(F)C(F)F)c(F)c4)CC3)OC2)CC1. The Morgan fingerprint density at radius 3 is 2.11 bits per heavy atom. The van der Waals surface area contributed by atoms with Gasteiger partial charge < -0.3 is 14.2 Å². The lowest BCUT2D eigenvalue weighted by atomic mass is 9.74. The molecule has 1 aromatic carbocycles. The lowest BCUT2D eigenvalue weighted by molar-refractivity contribution is -0.254. The average Bonchev–Trinajstić information content (AvgIpc) is 2.86. The molecule has 1 heterocycles. The highest BCUT2D eigenvalue weighted by Crippen LogP contribution is 2.42. The van der Waals surface area contributed by atoms with Gasteiger partial charge in [-0.3, -0.25) is 0 Å². The predicted molar refractivity (Wildman–Crippen MR) is 122 cm³/mol. The van der Waals surface area contributed by atoms with Crippen LogP contribution in [0.25, 0.3) is 0 Å². The maximum Gasteiger partial charge on any atom is 0.461 e. The van der Waals surface area contributed by atoms with Gasteiger partial charge in [-0.15, -0.1) is 0 Å². The quantitative estimate of drug-likeness (QED) is 0.337. The van der Waals surface area contributed by atoms with Gasteiger partial charge in [-0.25, -0.2) is 4.39 Å². The van der Waals surface area contributed by atoms with E-state index in [1.165, 1.54) is 44.6 Å². The van der Waals surface area contributed by atoms with Crippen LogP contribution in [0.3, 0.4) is 0 Å². The topological polar surface area (TPSA) is 27.7 Å². The number of alkyl halides is 4. The van der Waals surface area contributed by atoms with Crippen molar-refractivity contribution in [3.63, 3.8) is 0 Å². The number of halogens is 5. The molecule has 1 saturated heterocycles. The number of hydrogen-bond acceptors (Lipinski definition) is 3. The van der Waals surface area contributed by atoms with Crippen molar-refractivity contribution < 1.29 is 36.2 Å². The third-order valence-electron chi connectivity index (χ3n) is 8.29. The minimum atomic E-state index is -4.73. The summed E-state index contributed by atoms with van der Waals surface area (Å²) in [6, 6.07) is 3.62. The first-order valence-corrected chi connectivity index (χ1v) is 13.1. The summed E-state index contributed by atoms with van der Waals surface area (Å²) >= 11 is 0. The van der Waals surface area contributed by atoms with E-state index in [4.69, 9.17) is 9.47 Å². The molecule has 0 spiro atoms. The fourth-order valence-electron chi connectivity index (χ4n) is 6.20. The van der Waals surface area contributed by atoms with E-state index in [9.17, 15) is 22.0 Å². The summed E-state index contributed by atoms with van der Waals surface area (Å²) in [5, 5.41) is 0. The van der Waals surface area contributed by atoms with Crippen molar-refractivity contribution in [3.05, 3.63) is 29.6 Å². The van der Waals surface area contributed by atoms with Gasteiger partial charge in [-0.1, -0.05) is 38.7 Å². The van der Waals surface area contributed by atoms with E-state index >= 15 is 0 Å². The van der Waals surface area contributed by atoms with Gasteiger partial charge in [0, 0.05) is 11.8 Å². The molecular formula is C27H37F5O3. The molecule has 0 aromatic heterocycles. The zero-order valence-electron chi connectivity index (χ0n) is 20.4. The summed E-state index contributed by atoms with van der Waals surface area (Å²) in [7, 11) is 0. The molecule has 198 valence electrons. The molecule has 4 rings (SSSR count). The van der Waals surface area contributed by atoms with Crippen LogP contribution in [0.5, 0.6) is 5.75 Å². The van der Waals surface area contributed by atoms with Crippen molar-refractivity contribution >= 4 is 0 Å². The summed E-state index contributed by atoms with van der Waals surface area (Å²) in [6.45, 7) is 3.77. The summed E-state index contributed by atoms with van der Waals surface area (Å²) in [4.78, 5) is 0. The Hall–Kier alpha value is -1.41. The van der Waals surface area contributed by atoms with Crippen molar-refractivity contribution in [2.45, 2.75) is 95.9 Å². The highest BCUT2D eigenvalue weighted by Gasteiger charge is 2.44. The van der Waals surface area contributed by atoms with Crippen LogP contribution in [-0.2, 0) is 9.47 Å². The highest BCUT2D eigenvalue weighted by atomic mass is 19.3. The van der Waals surface area contributed by atoms with Gasteiger partial charge in [-0.2, -0.15) is 17.6 Å². The van der Waals surface area contributed by atoms with Gasteiger partial charge in [-0.05, 0) is 74.0 Å². The normalized spacial score (nSPS) is 32.5. The first-order chi connectivity index (χ1) is 16.8. The highest BCUT2D eigenvalue weighted by molar-refractivity contribution is 5.32. The molecule has 1 aromatic rings. The molecule has 3 nitrogen and oxygen atoms in total. The fourth-order valence-corrected chi connectivity index (χ4v) is 6.20. The number of benzene rings is 1. The minimum Gasteiger partial charge on any atom is -0.425 e. The van der Waals surface area contributed by atoms with Crippen LogP contribution in [-0.4, -0.2) is 32.0 Å². The summed E-state index contributed by atoms with van der Waals surface area (Å²) in [6.07, 6.45) is 2.18. The van der Waals surface area contributed by atoms with E-state index in [-0.39, 0.29) is 18.1 Å². The molecule has 1 aliphatic heterocycles. The van der Waals surface area contributed by atoms with Crippen LogP contribution in [0.15, 0.2) is 18.2 Å². The molecule has 3 fully saturated rings. The van der Waals surface area contributed by atoms with Crippen molar-refractivity contribution in [2.24, 2.45) is 23.7 Å². The van der Waals surface area contributed by atoms with Gasteiger partial charge >= 0.3 is 12.5 Å². The molecule has 8 heteroatoms. The van der Waals surface area contributed by atoms with E-state index in [1.807, 2.05) is 0 Å². The molecule has 2 saturated carbocycles. The fraction of sp³-hybridized carbons (Fsp3) is 0.778. The van der Waals surface area contributed by atoms with Gasteiger partial charge in [0.25, 0.3) is 0 Å². The first-order valence-electron chi connectivity index (χ1n) is 13.1. The second-order valence-corrected chi connectivity index (χ2v) is 10.6. The molecule has 2 aliphatic carbocycles. The van der Waals surface area contributed by atoms with Crippen LogP contribution in [0, 0.1) is 29.5 Å². The largest absolute Gasteiger partial charge is 0.461 e. The third kappa shape index (κ3) is 6.68. The molecule has 0 unspecified atom stereocenters. The third-order valence-corrected chi connectivity index (χ3v) is 8.29. The molecule has 0 N–H and O–H groups in total. The van der Waals surface area contributed by atoms with Crippen LogP contribution in [0.2, 0.25) is 0 Å². The van der Waals surface area contributed by atoms with Crippen LogP contribution < -0.4 is 4.74 Å². The molecule has 3 aliphatic rings. The Morgan fingerprint density at radius 2 is 1.54 bits per heavy atom. The van der Waals surface area contributed by atoms with E-state index < -0.39 is 24.1 Å². The van der Waals surface area contributed by atoms with Crippen molar-refractivity contribution in [1.29, 1.82) is 0 Å². The predicted octanol–water partition coefficient (Wildman–Crippen LogP) is 7.93. The summed E-state index contributed by atoms with van der Waals surface area (Å²) < 4.78 is 81.4. The Bertz CT molecular complexity index is 796. The molecule has 0 atom stereocenters. The Labute approximate surface area is 204 Å². The summed E-state index contributed by atoms with van der Waals surface area (Å²) in [5.41, 5.74) is 0.665. The monoisotopic (exact) mass is 504 g/mol. The first kappa shape index (κ1) is 26.6. The average molecular weight is 505 g/mol. The van der Waals surface area contributed by atoms with Gasteiger partial charge in [0.05, 0.1) is 13.2 Å². The molecule has 0 amide bonds. The van der Waals surface area contributed by atoms with Crippen LogP contribution >= 0.6 is 0 Å². The van der Waals surface area contributed by atoms with Gasteiger partial charge in [0.15, 0.2) is 17.9 Å². The van der Waals surface area contributed by atoms with Gasteiger partial charge in [0.2, 0.25) is 0 Å². The molecule has 0 radical (unpaired) electrons. The van der Waals surface area contributed by atoms with E-state index in [0.717, 1.165) is 56.9 Å². The number of rotatable bonds is 8. The molecular weight excluding hydrogens is 467 g/mol. The zero-order chi connectivity index (χ0) is 25.0. The number of hydrogen-bond donors (Lipinski definition) is 0. The Morgan fingerprint density at radius 1 is 0.914 bits per heavy atom. The van der Waals surface area contributed by atoms with Crippen molar-refractivity contribution in [1.82, 2.24) is 0 Å². The van der Waals surface area contributed by atoms with Crippen LogP contribution in [0.4, 0.5) is 22.0 Å². The smallest absolute Gasteiger partial charge is 0.425 e. The zero-order valence-corrected chi connectivity index (χ0v) is 20.4. The number of ether oxygens (including phenoxy) is 3. The maximum absolute atomic E-state index is 14.3. The van der Waals surface area contributed by atoms with Crippen molar-refractivity contribution in [2.75, 3.05) is 13.2 Å². The minimum absolute atomic E-state index is 0.0695. The van der Waals surface area contributed by atoms with E-state index in [0.29, 0.717) is 17.4 Å². The van der Waals surface area contributed by atoms with Crippen molar-refractivity contribution in [3.8, 4) is 5.75 Å².